The van der Waals surface area contributed by atoms with E-state index in [0.717, 1.165) is 6.42 Å². The van der Waals surface area contributed by atoms with Gasteiger partial charge in [0.25, 0.3) is 0 Å². The molecular weight excluding hydrogens is 247 g/mol. The van der Waals surface area contributed by atoms with Crippen LogP contribution < -0.4 is 10.2 Å². The van der Waals surface area contributed by atoms with Crippen LogP contribution in [-0.2, 0) is 4.79 Å². The molecule has 0 radical (unpaired) electrons. The van der Waals surface area contributed by atoms with Crippen molar-refractivity contribution in [3.05, 3.63) is 30.1 Å². The zero-order chi connectivity index (χ0) is 14.5. The topological polar surface area (TPSA) is 52.6 Å². The predicted octanol–water partition coefficient (Wildman–Crippen LogP) is 2.10. The summed E-state index contributed by atoms with van der Waals surface area (Å²) in [5.74, 6) is -1.29. The van der Waals surface area contributed by atoms with E-state index in [1.807, 2.05) is 6.92 Å². The van der Waals surface area contributed by atoms with Crippen molar-refractivity contribution in [3.63, 3.8) is 0 Å². The number of nitrogens with zero attached hydrogens (tertiary/aromatic N) is 1. The maximum absolute atomic E-state index is 13.7. The number of hydrogen-bond donors (Lipinski definition) is 2. The molecule has 2 N–H and O–H groups in total. The molecule has 1 unspecified atom stereocenters. The molecule has 0 aliphatic rings. The van der Waals surface area contributed by atoms with E-state index in [1.54, 1.807) is 37.1 Å². The van der Waals surface area contributed by atoms with Crippen LogP contribution in [0.2, 0.25) is 0 Å². The highest BCUT2D eigenvalue weighted by Gasteiger charge is 2.34. The summed E-state index contributed by atoms with van der Waals surface area (Å²) in [5, 5.41) is 12.3. The monoisotopic (exact) mass is 268 g/mol. The molecule has 19 heavy (non-hydrogen) atoms. The highest BCUT2D eigenvalue weighted by atomic mass is 19.1. The van der Waals surface area contributed by atoms with Gasteiger partial charge in [0.15, 0.2) is 0 Å². The van der Waals surface area contributed by atoms with Crippen LogP contribution in [0.15, 0.2) is 24.3 Å². The van der Waals surface area contributed by atoms with Crippen LogP contribution in [-0.4, -0.2) is 36.8 Å². The largest absolute Gasteiger partial charge is 0.480 e. The second-order valence-corrected chi connectivity index (χ2v) is 4.87. The summed E-state index contributed by atoms with van der Waals surface area (Å²) in [4.78, 5) is 13.0. The normalized spacial score (nSPS) is 13.9. The number of carboxylic acids is 1. The third kappa shape index (κ3) is 3.92. The van der Waals surface area contributed by atoms with Crippen molar-refractivity contribution in [3.8, 4) is 0 Å². The number of rotatable bonds is 7. The first-order valence-electron chi connectivity index (χ1n) is 6.35. The van der Waals surface area contributed by atoms with Gasteiger partial charge < -0.3 is 15.3 Å². The van der Waals surface area contributed by atoms with Gasteiger partial charge in [-0.15, -0.1) is 0 Å². The van der Waals surface area contributed by atoms with Gasteiger partial charge in [-0.2, -0.15) is 0 Å². The summed E-state index contributed by atoms with van der Waals surface area (Å²) in [6, 6.07) is 6.34. The SMILES string of the molecule is CCCNC(C)(CN(C)c1ccccc1F)C(=O)O. The summed E-state index contributed by atoms with van der Waals surface area (Å²) < 4.78 is 13.7. The highest BCUT2D eigenvalue weighted by molar-refractivity contribution is 5.79. The van der Waals surface area contributed by atoms with Crippen molar-refractivity contribution in [1.29, 1.82) is 0 Å². The van der Waals surface area contributed by atoms with Gasteiger partial charge in [-0.05, 0) is 32.0 Å². The molecule has 0 aromatic heterocycles. The third-order valence-electron chi connectivity index (χ3n) is 3.05. The minimum absolute atomic E-state index is 0.184. The standard InChI is InChI=1S/C14H21FN2O2/c1-4-9-16-14(2,13(18)19)10-17(3)12-8-6-5-7-11(12)15/h5-8,16H,4,9-10H2,1-3H3,(H,18,19). The molecule has 0 heterocycles. The second-order valence-electron chi connectivity index (χ2n) is 4.87. The second kappa shape index (κ2) is 6.52. The van der Waals surface area contributed by atoms with Crippen LogP contribution in [0.5, 0.6) is 0 Å². The maximum Gasteiger partial charge on any atom is 0.325 e. The molecule has 1 atom stereocenters. The van der Waals surface area contributed by atoms with E-state index in [9.17, 15) is 14.3 Å². The van der Waals surface area contributed by atoms with Crippen LogP contribution in [0.3, 0.4) is 0 Å². The molecule has 0 saturated carbocycles. The van der Waals surface area contributed by atoms with Crippen LogP contribution in [0.25, 0.3) is 0 Å². The number of halogens is 1. The van der Waals surface area contributed by atoms with Crippen molar-refractivity contribution in [1.82, 2.24) is 5.32 Å². The van der Waals surface area contributed by atoms with Crippen molar-refractivity contribution >= 4 is 11.7 Å². The van der Waals surface area contributed by atoms with Crippen LogP contribution >= 0.6 is 0 Å². The number of benzene rings is 1. The van der Waals surface area contributed by atoms with Crippen LogP contribution in [0.4, 0.5) is 10.1 Å². The Labute approximate surface area is 113 Å². The van der Waals surface area contributed by atoms with Gasteiger partial charge in [-0.3, -0.25) is 4.79 Å². The van der Waals surface area contributed by atoms with Gasteiger partial charge in [0.1, 0.15) is 11.4 Å². The molecule has 1 aromatic carbocycles. The molecule has 0 aliphatic heterocycles. The molecule has 0 amide bonds. The number of anilines is 1. The van der Waals surface area contributed by atoms with Gasteiger partial charge in [0.2, 0.25) is 0 Å². The minimum Gasteiger partial charge on any atom is -0.480 e. The molecule has 0 saturated heterocycles. The van der Waals surface area contributed by atoms with E-state index in [0.29, 0.717) is 12.2 Å². The summed E-state index contributed by atoms with van der Waals surface area (Å²) in [5.41, 5.74) is -0.708. The molecule has 0 bridgehead atoms. The van der Waals surface area contributed by atoms with Gasteiger partial charge in [-0.1, -0.05) is 19.1 Å². The summed E-state index contributed by atoms with van der Waals surface area (Å²) in [6.07, 6.45) is 0.840. The smallest absolute Gasteiger partial charge is 0.325 e. The van der Waals surface area contributed by atoms with E-state index < -0.39 is 11.5 Å². The van der Waals surface area contributed by atoms with E-state index in [2.05, 4.69) is 5.32 Å². The molecule has 0 spiro atoms. The van der Waals surface area contributed by atoms with Crippen molar-refractivity contribution in [2.75, 3.05) is 25.0 Å². The number of carboxylic acid groups (broad SMARTS) is 1. The quantitative estimate of drug-likeness (QED) is 0.795. The average Bonchev–Trinajstić information content (AvgIpc) is 2.36. The first-order chi connectivity index (χ1) is 8.90. The lowest BCUT2D eigenvalue weighted by molar-refractivity contribution is -0.143. The summed E-state index contributed by atoms with van der Waals surface area (Å²) in [6.45, 7) is 4.37. The number of nitrogens with one attached hydrogen (secondary N) is 1. The first-order valence-corrected chi connectivity index (χ1v) is 6.35. The molecule has 1 rings (SSSR count). The fourth-order valence-corrected chi connectivity index (χ4v) is 1.92. The zero-order valence-corrected chi connectivity index (χ0v) is 11.6. The Balaban J connectivity index is 2.85. The van der Waals surface area contributed by atoms with Crippen LogP contribution in [0.1, 0.15) is 20.3 Å². The van der Waals surface area contributed by atoms with Crippen molar-refractivity contribution < 1.29 is 14.3 Å². The van der Waals surface area contributed by atoms with Crippen molar-refractivity contribution in [2.24, 2.45) is 0 Å². The highest BCUT2D eigenvalue weighted by Crippen LogP contribution is 2.19. The molecular formula is C14H21FN2O2. The summed E-state index contributed by atoms with van der Waals surface area (Å²) >= 11 is 0. The Morgan fingerprint density at radius 2 is 2.11 bits per heavy atom. The number of carbonyl (C=O) groups is 1. The summed E-state index contributed by atoms with van der Waals surface area (Å²) in [7, 11) is 1.69. The number of likely N-dealkylation sites (N-methyl/N-ethyl adjacent to an activating group) is 1. The lowest BCUT2D eigenvalue weighted by Gasteiger charge is -2.32. The molecule has 106 valence electrons. The lowest BCUT2D eigenvalue weighted by Crippen LogP contribution is -2.56. The molecule has 0 aliphatic carbocycles. The van der Waals surface area contributed by atoms with Gasteiger partial charge in [0.05, 0.1) is 5.69 Å². The Kier molecular flexibility index (Phi) is 5.30. The molecule has 4 nitrogen and oxygen atoms in total. The number of para-hydroxylation sites is 1. The molecule has 0 fully saturated rings. The van der Waals surface area contributed by atoms with Gasteiger partial charge in [0, 0.05) is 13.6 Å². The average molecular weight is 268 g/mol. The Bertz CT molecular complexity index is 439. The minimum atomic E-state index is -1.10. The maximum atomic E-state index is 13.7. The van der Waals surface area contributed by atoms with Crippen molar-refractivity contribution in [2.45, 2.75) is 25.8 Å². The Morgan fingerprint density at radius 3 is 2.63 bits per heavy atom. The number of aliphatic carboxylic acids is 1. The van der Waals surface area contributed by atoms with E-state index in [-0.39, 0.29) is 12.4 Å². The van der Waals surface area contributed by atoms with E-state index in [4.69, 9.17) is 0 Å². The predicted molar refractivity (Wildman–Crippen MR) is 74.0 cm³/mol. The Hall–Kier alpha value is -1.62. The fraction of sp³-hybridized carbons (Fsp3) is 0.500. The third-order valence-corrected chi connectivity index (χ3v) is 3.05. The van der Waals surface area contributed by atoms with Gasteiger partial charge in [-0.25, -0.2) is 4.39 Å². The molecule has 5 heteroatoms. The van der Waals surface area contributed by atoms with Crippen LogP contribution in [0, 0.1) is 5.82 Å². The Morgan fingerprint density at radius 1 is 1.47 bits per heavy atom. The fourth-order valence-electron chi connectivity index (χ4n) is 1.92. The van der Waals surface area contributed by atoms with Gasteiger partial charge >= 0.3 is 5.97 Å². The molecule has 1 aromatic rings. The van der Waals surface area contributed by atoms with E-state index >= 15 is 0 Å². The van der Waals surface area contributed by atoms with E-state index in [1.165, 1.54) is 6.07 Å². The lowest BCUT2D eigenvalue weighted by atomic mass is 10.0. The number of hydrogen-bond acceptors (Lipinski definition) is 3. The first kappa shape index (κ1) is 15.4. The zero-order valence-electron chi connectivity index (χ0n) is 11.6.